The highest BCUT2D eigenvalue weighted by molar-refractivity contribution is 5.86. The molecule has 2 rings (SSSR count). The summed E-state index contributed by atoms with van der Waals surface area (Å²) in [6.45, 7) is 4.37. The van der Waals surface area contributed by atoms with Gasteiger partial charge in [0.2, 0.25) is 0 Å². The van der Waals surface area contributed by atoms with Crippen molar-refractivity contribution in [2.24, 2.45) is 5.92 Å². The van der Waals surface area contributed by atoms with Crippen LogP contribution < -0.4 is 10.6 Å². The topological polar surface area (TPSA) is 41.1 Å². The Morgan fingerprint density at radius 2 is 1.80 bits per heavy atom. The maximum Gasteiger partial charge on any atom is 0.152 e. The number of piperidine rings is 1. The predicted octanol–water partition coefficient (Wildman–Crippen LogP) is 3.07. The van der Waals surface area contributed by atoms with Crippen LogP contribution in [0.25, 0.3) is 0 Å². The quantitative estimate of drug-likeness (QED) is 0.792. The van der Waals surface area contributed by atoms with Gasteiger partial charge >= 0.3 is 0 Å². The first-order valence-electron chi connectivity index (χ1n) is 8.31. The van der Waals surface area contributed by atoms with Crippen LogP contribution in [0.2, 0.25) is 0 Å². The lowest BCUT2D eigenvalue weighted by Crippen LogP contribution is -2.49. The van der Waals surface area contributed by atoms with Crippen molar-refractivity contribution < 1.29 is 4.79 Å². The second-order valence-electron chi connectivity index (χ2n) is 6.27. The Hall–Kier alpha value is -0.120. The Morgan fingerprint density at radius 3 is 2.40 bits per heavy atom. The molecule has 1 saturated heterocycles. The van der Waals surface area contributed by atoms with E-state index in [4.69, 9.17) is 0 Å². The van der Waals surface area contributed by atoms with Gasteiger partial charge in [-0.1, -0.05) is 32.6 Å². The molecule has 118 valence electrons. The molecule has 1 heterocycles. The Morgan fingerprint density at radius 1 is 1.15 bits per heavy atom. The van der Waals surface area contributed by atoms with Crippen LogP contribution >= 0.6 is 12.4 Å². The highest BCUT2D eigenvalue weighted by Gasteiger charge is 2.29. The molecule has 3 nitrogen and oxygen atoms in total. The first-order chi connectivity index (χ1) is 9.31. The Kier molecular flexibility index (Phi) is 8.74. The predicted molar refractivity (Wildman–Crippen MR) is 86.6 cm³/mol. The van der Waals surface area contributed by atoms with Gasteiger partial charge in [0.05, 0.1) is 6.04 Å². The van der Waals surface area contributed by atoms with Crippen LogP contribution in [-0.2, 0) is 4.79 Å². The molecule has 20 heavy (non-hydrogen) atoms. The molecule has 4 heteroatoms. The number of halogens is 1. The lowest BCUT2D eigenvalue weighted by atomic mass is 9.82. The van der Waals surface area contributed by atoms with Gasteiger partial charge in [0.25, 0.3) is 0 Å². The van der Waals surface area contributed by atoms with Crippen molar-refractivity contribution in [2.45, 2.75) is 76.8 Å². The molecule has 0 radical (unpaired) electrons. The van der Waals surface area contributed by atoms with Crippen LogP contribution in [0.4, 0.5) is 0 Å². The summed E-state index contributed by atoms with van der Waals surface area (Å²) in [5.74, 6) is 0.861. The molecule has 1 atom stereocenters. The molecule has 1 saturated carbocycles. The number of hydrogen-bond donors (Lipinski definition) is 2. The van der Waals surface area contributed by atoms with Crippen molar-refractivity contribution >= 4 is 18.2 Å². The fraction of sp³-hybridized carbons (Fsp3) is 0.938. The van der Waals surface area contributed by atoms with Crippen LogP contribution in [0.3, 0.4) is 0 Å². The average molecular weight is 303 g/mol. The van der Waals surface area contributed by atoms with Crippen molar-refractivity contribution in [3.05, 3.63) is 0 Å². The van der Waals surface area contributed by atoms with Gasteiger partial charge in [0, 0.05) is 12.0 Å². The number of nitrogens with one attached hydrogen (secondary N) is 2. The fourth-order valence-electron chi connectivity index (χ4n) is 3.54. The van der Waals surface area contributed by atoms with Gasteiger partial charge in [-0.15, -0.1) is 12.4 Å². The largest absolute Gasteiger partial charge is 0.317 e. The Labute approximate surface area is 130 Å². The second-order valence-corrected chi connectivity index (χ2v) is 6.27. The lowest BCUT2D eigenvalue weighted by Gasteiger charge is -2.31. The molecule has 0 aromatic heterocycles. The third kappa shape index (κ3) is 5.34. The summed E-state index contributed by atoms with van der Waals surface area (Å²) < 4.78 is 0. The summed E-state index contributed by atoms with van der Waals surface area (Å²) in [5, 5.41) is 7.05. The Bertz CT molecular complexity index is 274. The van der Waals surface area contributed by atoms with E-state index in [1.54, 1.807) is 0 Å². The van der Waals surface area contributed by atoms with Gasteiger partial charge in [0.15, 0.2) is 5.78 Å². The molecule has 2 fully saturated rings. The monoisotopic (exact) mass is 302 g/mol. The van der Waals surface area contributed by atoms with E-state index in [1.165, 1.54) is 19.3 Å². The van der Waals surface area contributed by atoms with Crippen molar-refractivity contribution in [3.8, 4) is 0 Å². The summed E-state index contributed by atoms with van der Waals surface area (Å²) in [6.07, 6.45) is 10.5. The highest BCUT2D eigenvalue weighted by atomic mass is 35.5. The van der Waals surface area contributed by atoms with Crippen molar-refractivity contribution in [1.29, 1.82) is 0 Å². The van der Waals surface area contributed by atoms with Gasteiger partial charge in [-0.2, -0.15) is 0 Å². The van der Waals surface area contributed by atoms with Crippen LogP contribution in [0.1, 0.15) is 64.7 Å². The first-order valence-corrected chi connectivity index (χ1v) is 8.31. The zero-order valence-electron chi connectivity index (χ0n) is 12.8. The maximum absolute atomic E-state index is 12.7. The van der Waals surface area contributed by atoms with E-state index < -0.39 is 0 Å². The van der Waals surface area contributed by atoms with E-state index in [9.17, 15) is 4.79 Å². The van der Waals surface area contributed by atoms with Crippen LogP contribution in [0, 0.1) is 5.92 Å². The second kappa shape index (κ2) is 9.75. The normalized spacial score (nSPS) is 23.1. The van der Waals surface area contributed by atoms with Gasteiger partial charge in [-0.3, -0.25) is 4.79 Å². The van der Waals surface area contributed by atoms with Crippen molar-refractivity contribution in [3.63, 3.8) is 0 Å². The summed E-state index contributed by atoms with van der Waals surface area (Å²) in [7, 11) is 0. The van der Waals surface area contributed by atoms with Crippen LogP contribution in [0.15, 0.2) is 0 Å². The van der Waals surface area contributed by atoms with E-state index in [0.717, 1.165) is 51.6 Å². The molecule has 1 aliphatic heterocycles. The standard InChI is InChI=1S/C16H30N2O.ClH/c1-2-6-15(18-14-9-11-17-12-10-14)16(19)13-7-4-3-5-8-13;/h13-15,17-18H,2-12H2,1H3;1H. The van der Waals surface area contributed by atoms with Gasteiger partial charge in [0.1, 0.15) is 0 Å². The minimum atomic E-state index is 0. The molecule has 2 N–H and O–H groups in total. The summed E-state index contributed by atoms with van der Waals surface area (Å²) in [5.41, 5.74) is 0. The SMILES string of the molecule is CCCC(NC1CCNCC1)C(=O)C1CCCCC1.Cl. The molecule has 1 aliphatic carbocycles. The molecule has 0 amide bonds. The Balaban J connectivity index is 0.00000200. The van der Waals surface area contributed by atoms with Crippen molar-refractivity contribution in [2.75, 3.05) is 13.1 Å². The summed E-state index contributed by atoms with van der Waals surface area (Å²) in [4.78, 5) is 12.7. The molecule has 2 aliphatic rings. The van der Waals surface area contributed by atoms with Gasteiger partial charge < -0.3 is 10.6 Å². The van der Waals surface area contributed by atoms with E-state index in [0.29, 0.717) is 17.7 Å². The zero-order chi connectivity index (χ0) is 13.5. The molecule has 0 aromatic rings. The number of hydrogen-bond acceptors (Lipinski definition) is 3. The minimum absolute atomic E-state index is 0. The number of carbonyl (C=O) groups excluding carboxylic acids is 1. The van der Waals surface area contributed by atoms with Gasteiger partial charge in [-0.05, 0) is 45.2 Å². The van der Waals surface area contributed by atoms with E-state index in [2.05, 4.69) is 17.6 Å². The maximum atomic E-state index is 12.7. The molecule has 0 spiro atoms. The number of carbonyl (C=O) groups is 1. The molecular weight excluding hydrogens is 272 g/mol. The van der Waals surface area contributed by atoms with Crippen LogP contribution in [-0.4, -0.2) is 31.0 Å². The number of Topliss-reactive ketones (excluding diaryl/α,β-unsaturated/α-hetero) is 1. The number of ketones is 1. The smallest absolute Gasteiger partial charge is 0.152 e. The van der Waals surface area contributed by atoms with Crippen LogP contribution in [0.5, 0.6) is 0 Å². The van der Waals surface area contributed by atoms with Gasteiger partial charge in [-0.25, -0.2) is 0 Å². The summed E-state index contributed by atoms with van der Waals surface area (Å²) in [6, 6.07) is 0.668. The van der Waals surface area contributed by atoms with E-state index in [1.807, 2.05) is 0 Å². The first kappa shape index (κ1) is 17.9. The number of rotatable bonds is 6. The van der Waals surface area contributed by atoms with E-state index in [-0.39, 0.29) is 18.4 Å². The molecule has 1 unspecified atom stereocenters. The zero-order valence-corrected chi connectivity index (χ0v) is 13.6. The van der Waals surface area contributed by atoms with Crippen molar-refractivity contribution in [1.82, 2.24) is 10.6 Å². The third-order valence-electron chi connectivity index (χ3n) is 4.70. The fourth-order valence-corrected chi connectivity index (χ4v) is 3.54. The average Bonchev–Trinajstić information content (AvgIpc) is 2.48. The molecular formula is C16H31ClN2O. The molecule has 0 aromatic carbocycles. The lowest BCUT2D eigenvalue weighted by molar-refractivity contribution is -0.126. The van der Waals surface area contributed by atoms with E-state index >= 15 is 0 Å². The minimum Gasteiger partial charge on any atom is -0.317 e. The third-order valence-corrected chi connectivity index (χ3v) is 4.70. The summed E-state index contributed by atoms with van der Waals surface area (Å²) >= 11 is 0. The molecule has 0 bridgehead atoms. The highest BCUT2D eigenvalue weighted by Crippen LogP contribution is 2.26.